The van der Waals surface area contributed by atoms with Crippen LogP contribution in [-0.2, 0) is 19.1 Å². The quantitative estimate of drug-likeness (QED) is 0.726. The van der Waals surface area contributed by atoms with Crippen molar-refractivity contribution in [1.29, 1.82) is 0 Å². The van der Waals surface area contributed by atoms with E-state index in [1.165, 1.54) is 0 Å². The molecule has 0 fully saturated rings. The fraction of sp³-hybridized carbons (Fsp3) is 0.200. The minimum absolute atomic E-state index is 0.538. The summed E-state index contributed by atoms with van der Waals surface area (Å²) in [5.74, 6) is -1.90. The maximum absolute atomic E-state index is 11.9. The first kappa shape index (κ1) is 16.0. The largest absolute Gasteiger partial charge is 0.453 e. The van der Waals surface area contributed by atoms with Gasteiger partial charge in [0.1, 0.15) is 21.5 Å². The summed E-state index contributed by atoms with van der Waals surface area (Å²) in [5.41, 5.74) is -1.08. The van der Waals surface area contributed by atoms with Crippen LogP contribution in [0.5, 0.6) is 0 Å². The lowest BCUT2D eigenvalue weighted by Crippen LogP contribution is -2.37. The van der Waals surface area contributed by atoms with Gasteiger partial charge in [0, 0.05) is 0 Å². The number of allylic oxidation sites excluding steroid dienone is 2. The standard InChI is InChI=1S/C10H8Cl2N2O6/c1-19-9(17)13-5-3(11)8(16)6(4(12)7(5)15)14-10(18)20-2/h1-2H3,(H,13,17)(H,14,18). The molecule has 0 heterocycles. The van der Waals surface area contributed by atoms with Crippen molar-refractivity contribution in [3.05, 3.63) is 21.5 Å². The Hall–Kier alpha value is -2.06. The number of alkyl carbamates (subject to hydrolysis) is 2. The molecule has 0 aromatic rings. The van der Waals surface area contributed by atoms with Gasteiger partial charge in [0.25, 0.3) is 0 Å². The summed E-state index contributed by atoms with van der Waals surface area (Å²) in [5, 5.41) is 2.71. The van der Waals surface area contributed by atoms with E-state index in [2.05, 4.69) is 9.47 Å². The zero-order chi connectivity index (χ0) is 15.4. The van der Waals surface area contributed by atoms with Crippen LogP contribution in [0, 0.1) is 0 Å². The van der Waals surface area contributed by atoms with Crippen LogP contribution in [0.25, 0.3) is 0 Å². The molecule has 0 bridgehead atoms. The molecule has 0 spiro atoms. The molecule has 0 aliphatic heterocycles. The van der Waals surface area contributed by atoms with Crippen LogP contribution in [0.4, 0.5) is 9.59 Å². The number of methoxy groups -OCH3 is 2. The highest BCUT2D eigenvalue weighted by atomic mass is 35.5. The molecule has 10 heteroatoms. The summed E-state index contributed by atoms with van der Waals surface area (Å²) < 4.78 is 8.55. The van der Waals surface area contributed by atoms with Gasteiger partial charge in [-0.25, -0.2) is 9.59 Å². The summed E-state index contributed by atoms with van der Waals surface area (Å²) >= 11 is 11.3. The summed E-state index contributed by atoms with van der Waals surface area (Å²) in [4.78, 5) is 45.8. The van der Waals surface area contributed by atoms with Crippen molar-refractivity contribution in [2.24, 2.45) is 0 Å². The van der Waals surface area contributed by atoms with Crippen LogP contribution >= 0.6 is 23.2 Å². The van der Waals surface area contributed by atoms with Crippen molar-refractivity contribution in [2.45, 2.75) is 0 Å². The van der Waals surface area contributed by atoms with E-state index in [0.717, 1.165) is 14.2 Å². The maximum atomic E-state index is 11.9. The molecule has 0 aromatic heterocycles. The third-order valence-corrected chi connectivity index (χ3v) is 2.84. The Bertz CT molecular complexity index is 516. The van der Waals surface area contributed by atoms with Gasteiger partial charge in [-0.05, 0) is 0 Å². The summed E-state index contributed by atoms with van der Waals surface area (Å²) in [6.07, 6.45) is -2.01. The number of carbonyl (C=O) groups is 4. The Morgan fingerprint density at radius 1 is 0.850 bits per heavy atom. The predicted octanol–water partition coefficient (Wildman–Crippen LogP) is 0.751. The third-order valence-electron chi connectivity index (χ3n) is 2.12. The van der Waals surface area contributed by atoms with Crippen LogP contribution in [-0.4, -0.2) is 38.0 Å². The number of hydrogen-bond donors (Lipinski definition) is 2. The number of nitrogens with one attached hydrogen (secondary N) is 2. The number of ether oxygens (including phenoxy) is 2. The number of halogens is 2. The Labute approximate surface area is 122 Å². The minimum Gasteiger partial charge on any atom is -0.453 e. The number of amides is 2. The molecule has 1 aliphatic rings. The summed E-state index contributed by atoms with van der Waals surface area (Å²) in [7, 11) is 2.11. The van der Waals surface area contributed by atoms with Crippen LogP contribution in [0.2, 0.25) is 0 Å². The lowest BCUT2D eigenvalue weighted by atomic mass is 10.1. The lowest BCUT2D eigenvalue weighted by Gasteiger charge is -2.18. The zero-order valence-corrected chi connectivity index (χ0v) is 11.7. The topological polar surface area (TPSA) is 111 Å². The molecule has 0 unspecified atom stereocenters. The molecule has 0 atom stereocenters. The Balaban J connectivity index is 3.14. The van der Waals surface area contributed by atoms with Gasteiger partial charge < -0.3 is 9.47 Å². The first-order valence-electron chi connectivity index (χ1n) is 4.92. The summed E-state index contributed by atoms with van der Waals surface area (Å²) in [6, 6.07) is 0. The first-order valence-corrected chi connectivity index (χ1v) is 5.68. The van der Waals surface area contributed by atoms with Crippen molar-refractivity contribution in [3.63, 3.8) is 0 Å². The highest BCUT2D eigenvalue weighted by molar-refractivity contribution is 6.56. The van der Waals surface area contributed by atoms with Crippen molar-refractivity contribution >= 4 is 47.0 Å². The van der Waals surface area contributed by atoms with Gasteiger partial charge in [-0.3, -0.25) is 20.2 Å². The minimum atomic E-state index is -1.01. The molecule has 0 radical (unpaired) electrons. The molecule has 8 nitrogen and oxygen atoms in total. The van der Waals surface area contributed by atoms with E-state index in [-0.39, 0.29) is 0 Å². The Morgan fingerprint density at radius 3 is 1.40 bits per heavy atom. The van der Waals surface area contributed by atoms with Crippen molar-refractivity contribution in [2.75, 3.05) is 14.2 Å². The van der Waals surface area contributed by atoms with E-state index in [0.29, 0.717) is 0 Å². The number of ketones is 2. The number of hydrogen-bond acceptors (Lipinski definition) is 6. The van der Waals surface area contributed by atoms with Gasteiger partial charge in [0.05, 0.1) is 14.2 Å². The van der Waals surface area contributed by atoms with Gasteiger partial charge in [0.2, 0.25) is 11.6 Å². The van der Waals surface area contributed by atoms with Gasteiger partial charge in [-0.15, -0.1) is 0 Å². The van der Waals surface area contributed by atoms with E-state index < -0.39 is 45.2 Å². The predicted molar refractivity (Wildman–Crippen MR) is 66.9 cm³/mol. The zero-order valence-electron chi connectivity index (χ0n) is 10.2. The molecule has 0 saturated carbocycles. The molecule has 20 heavy (non-hydrogen) atoms. The van der Waals surface area contributed by atoms with Crippen LogP contribution < -0.4 is 10.6 Å². The number of carbonyl (C=O) groups excluding carboxylic acids is 4. The molecule has 0 saturated heterocycles. The van der Waals surface area contributed by atoms with Gasteiger partial charge in [-0.2, -0.15) is 0 Å². The molecule has 1 rings (SSSR count). The molecular weight excluding hydrogens is 315 g/mol. The van der Waals surface area contributed by atoms with E-state index in [1.54, 1.807) is 0 Å². The Morgan fingerprint density at radius 2 is 1.15 bits per heavy atom. The second kappa shape index (κ2) is 6.40. The van der Waals surface area contributed by atoms with Crippen molar-refractivity contribution < 1.29 is 28.7 Å². The highest BCUT2D eigenvalue weighted by Crippen LogP contribution is 2.27. The third kappa shape index (κ3) is 3.09. The van der Waals surface area contributed by atoms with Gasteiger partial charge in [0.15, 0.2) is 0 Å². The SMILES string of the molecule is COC(=O)NC1=C(Cl)C(=O)C(NC(=O)OC)=C(Cl)C1=O. The molecule has 1 aliphatic carbocycles. The number of Topliss-reactive ketones (excluding diaryl/α,β-unsaturated/α-hetero) is 2. The van der Waals surface area contributed by atoms with Crippen LogP contribution in [0.3, 0.4) is 0 Å². The molecule has 108 valence electrons. The second-order valence-electron chi connectivity index (χ2n) is 3.27. The normalized spacial score (nSPS) is 15.2. The lowest BCUT2D eigenvalue weighted by molar-refractivity contribution is -0.116. The monoisotopic (exact) mass is 322 g/mol. The molecule has 0 aromatic carbocycles. The highest BCUT2D eigenvalue weighted by Gasteiger charge is 2.35. The Kier molecular flexibility index (Phi) is 5.12. The van der Waals surface area contributed by atoms with E-state index in [9.17, 15) is 19.2 Å². The first-order chi connectivity index (χ1) is 9.33. The summed E-state index contributed by atoms with van der Waals surface area (Å²) in [6.45, 7) is 0. The molecular formula is C10H8Cl2N2O6. The second-order valence-corrected chi connectivity index (χ2v) is 4.03. The fourth-order valence-corrected chi connectivity index (χ4v) is 1.63. The van der Waals surface area contributed by atoms with E-state index in [1.807, 2.05) is 10.6 Å². The average Bonchev–Trinajstić information content (AvgIpc) is 2.45. The van der Waals surface area contributed by atoms with Crippen LogP contribution in [0.1, 0.15) is 0 Å². The number of rotatable bonds is 2. The maximum Gasteiger partial charge on any atom is 0.411 e. The van der Waals surface area contributed by atoms with Crippen molar-refractivity contribution in [3.8, 4) is 0 Å². The van der Waals surface area contributed by atoms with Crippen LogP contribution in [0.15, 0.2) is 21.5 Å². The van der Waals surface area contributed by atoms with Gasteiger partial charge in [-0.1, -0.05) is 23.2 Å². The van der Waals surface area contributed by atoms with E-state index in [4.69, 9.17) is 23.2 Å². The van der Waals surface area contributed by atoms with Gasteiger partial charge >= 0.3 is 12.2 Å². The van der Waals surface area contributed by atoms with E-state index >= 15 is 0 Å². The molecule has 2 amide bonds. The average molecular weight is 323 g/mol. The smallest absolute Gasteiger partial charge is 0.411 e. The van der Waals surface area contributed by atoms with Crippen molar-refractivity contribution in [1.82, 2.24) is 10.6 Å². The fourth-order valence-electron chi connectivity index (χ4n) is 1.18. The molecule has 2 N–H and O–H groups in total.